The summed E-state index contributed by atoms with van der Waals surface area (Å²) in [4.78, 5) is 12.1. The summed E-state index contributed by atoms with van der Waals surface area (Å²) >= 11 is 0. The molecular weight excluding hydrogens is 285 g/mol. The third kappa shape index (κ3) is 4.18. The van der Waals surface area contributed by atoms with E-state index in [0.29, 0.717) is 6.54 Å². The lowest BCUT2D eigenvalue weighted by atomic mass is 10.2. The number of anilines is 2. The summed E-state index contributed by atoms with van der Waals surface area (Å²) < 4.78 is 13.7. The molecule has 5 nitrogen and oxygen atoms in total. The maximum atomic E-state index is 13.7. The van der Waals surface area contributed by atoms with Gasteiger partial charge in [0.2, 0.25) is 0 Å². The van der Waals surface area contributed by atoms with Gasteiger partial charge in [0.05, 0.1) is 16.7 Å². The molecular formula is C16H18FN3O2. The molecule has 0 saturated carbocycles. The number of nitrogens with one attached hydrogen (secondary N) is 1. The molecule has 2 aromatic carbocycles. The zero-order valence-electron chi connectivity index (χ0n) is 12.3. The standard InChI is InChI=1S/C16H18FN3O2/c1-19(13-6-3-2-4-7-13)11-5-10-18-16-9-8-14(20(21)22)12-15(16)17/h2-4,6-9,12,18H,5,10-11H2,1H3. The maximum Gasteiger partial charge on any atom is 0.272 e. The summed E-state index contributed by atoms with van der Waals surface area (Å²) in [5, 5.41) is 13.5. The second-order valence-corrected chi connectivity index (χ2v) is 4.96. The van der Waals surface area contributed by atoms with Crippen molar-refractivity contribution in [2.45, 2.75) is 6.42 Å². The molecule has 0 aliphatic rings. The molecule has 0 unspecified atom stereocenters. The molecule has 0 aromatic heterocycles. The van der Waals surface area contributed by atoms with Gasteiger partial charge in [-0.3, -0.25) is 10.1 Å². The minimum Gasteiger partial charge on any atom is -0.383 e. The van der Waals surface area contributed by atoms with Gasteiger partial charge in [0.1, 0.15) is 0 Å². The predicted molar refractivity (Wildman–Crippen MR) is 85.9 cm³/mol. The fraction of sp³-hybridized carbons (Fsp3) is 0.250. The molecule has 0 aliphatic heterocycles. The number of hydrogen-bond acceptors (Lipinski definition) is 4. The Hall–Kier alpha value is -2.63. The van der Waals surface area contributed by atoms with Gasteiger partial charge in [0, 0.05) is 31.9 Å². The number of nitro groups is 1. The van der Waals surface area contributed by atoms with E-state index in [-0.39, 0.29) is 11.4 Å². The third-order valence-electron chi connectivity index (χ3n) is 3.35. The van der Waals surface area contributed by atoms with Gasteiger partial charge in [-0.1, -0.05) is 18.2 Å². The van der Waals surface area contributed by atoms with E-state index in [1.807, 2.05) is 37.4 Å². The largest absolute Gasteiger partial charge is 0.383 e. The van der Waals surface area contributed by atoms with Crippen LogP contribution in [0.15, 0.2) is 48.5 Å². The van der Waals surface area contributed by atoms with Crippen LogP contribution in [-0.2, 0) is 0 Å². The number of benzene rings is 2. The molecule has 0 heterocycles. The highest BCUT2D eigenvalue weighted by atomic mass is 19.1. The van der Waals surface area contributed by atoms with Crippen LogP contribution in [0.2, 0.25) is 0 Å². The zero-order chi connectivity index (χ0) is 15.9. The molecule has 0 saturated heterocycles. The molecule has 0 amide bonds. The molecule has 2 rings (SSSR count). The first-order chi connectivity index (χ1) is 10.6. The highest BCUT2D eigenvalue weighted by molar-refractivity contribution is 5.50. The van der Waals surface area contributed by atoms with Crippen molar-refractivity contribution in [1.82, 2.24) is 0 Å². The highest BCUT2D eigenvalue weighted by Crippen LogP contribution is 2.20. The Morgan fingerprint density at radius 1 is 1.23 bits per heavy atom. The van der Waals surface area contributed by atoms with Crippen LogP contribution in [0.3, 0.4) is 0 Å². The van der Waals surface area contributed by atoms with E-state index in [2.05, 4.69) is 10.2 Å². The molecule has 22 heavy (non-hydrogen) atoms. The lowest BCUT2D eigenvalue weighted by molar-refractivity contribution is -0.385. The van der Waals surface area contributed by atoms with Crippen molar-refractivity contribution in [3.05, 3.63) is 64.5 Å². The highest BCUT2D eigenvalue weighted by Gasteiger charge is 2.10. The summed E-state index contributed by atoms with van der Waals surface area (Å²) in [6.45, 7) is 1.41. The van der Waals surface area contributed by atoms with Crippen molar-refractivity contribution in [1.29, 1.82) is 0 Å². The molecule has 0 aliphatic carbocycles. The van der Waals surface area contributed by atoms with E-state index < -0.39 is 10.7 Å². The molecule has 2 aromatic rings. The van der Waals surface area contributed by atoms with Gasteiger partial charge in [-0.05, 0) is 24.6 Å². The minimum absolute atomic E-state index is 0.244. The number of nitro benzene ring substituents is 1. The van der Waals surface area contributed by atoms with E-state index in [4.69, 9.17) is 0 Å². The first-order valence-corrected chi connectivity index (χ1v) is 7.02. The summed E-state index contributed by atoms with van der Waals surface area (Å²) in [7, 11) is 2.00. The van der Waals surface area contributed by atoms with Crippen molar-refractivity contribution in [2.24, 2.45) is 0 Å². The van der Waals surface area contributed by atoms with Gasteiger partial charge in [-0.25, -0.2) is 4.39 Å². The zero-order valence-corrected chi connectivity index (χ0v) is 12.3. The van der Waals surface area contributed by atoms with Crippen LogP contribution in [-0.4, -0.2) is 25.1 Å². The van der Waals surface area contributed by atoms with Crippen LogP contribution in [0.5, 0.6) is 0 Å². The second-order valence-electron chi connectivity index (χ2n) is 4.96. The lowest BCUT2D eigenvalue weighted by Gasteiger charge is -2.19. The number of nitrogens with zero attached hydrogens (tertiary/aromatic N) is 2. The van der Waals surface area contributed by atoms with E-state index in [1.54, 1.807) is 0 Å². The Morgan fingerprint density at radius 2 is 1.95 bits per heavy atom. The van der Waals surface area contributed by atoms with E-state index in [9.17, 15) is 14.5 Å². The first-order valence-electron chi connectivity index (χ1n) is 7.02. The fourth-order valence-electron chi connectivity index (χ4n) is 2.11. The van der Waals surface area contributed by atoms with Gasteiger partial charge in [0.25, 0.3) is 5.69 Å². The number of rotatable bonds is 7. The van der Waals surface area contributed by atoms with Crippen molar-refractivity contribution >= 4 is 17.1 Å². The van der Waals surface area contributed by atoms with Crippen LogP contribution in [0.4, 0.5) is 21.5 Å². The van der Waals surface area contributed by atoms with Crippen molar-refractivity contribution in [3.8, 4) is 0 Å². The molecule has 0 bridgehead atoms. The van der Waals surface area contributed by atoms with Crippen LogP contribution in [0.25, 0.3) is 0 Å². The molecule has 6 heteroatoms. The Labute approximate surface area is 128 Å². The van der Waals surface area contributed by atoms with E-state index >= 15 is 0 Å². The predicted octanol–water partition coefficient (Wildman–Crippen LogP) is 3.67. The second kappa shape index (κ2) is 7.40. The lowest BCUT2D eigenvalue weighted by Crippen LogP contribution is -2.20. The topological polar surface area (TPSA) is 58.4 Å². The summed E-state index contributed by atoms with van der Waals surface area (Å²) in [6.07, 6.45) is 0.821. The van der Waals surface area contributed by atoms with Gasteiger partial charge >= 0.3 is 0 Å². The summed E-state index contributed by atoms with van der Waals surface area (Å²) in [6, 6.07) is 13.6. The average molecular weight is 303 g/mol. The minimum atomic E-state index is -0.609. The number of hydrogen-bond donors (Lipinski definition) is 1. The Morgan fingerprint density at radius 3 is 2.59 bits per heavy atom. The molecule has 116 valence electrons. The van der Waals surface area contributed by atoms with Crippen LogP contribution in [0.1, 0.15) is 6.42 Å². The van der Waals surface area contributed by atoms with Gasteiger partial charge in [-0.15, -0.1) is 0 Å². The maximum absolute atomic E-state index is 13.7. The quantitative estimate of drug-likeness (QED) is 0.481. The fourth-order valence-corrected chi connectivity index (χ4v) is 2.11. The van der Waals surface area contributed by atoms with E-state index in [1.165, 1.54) is 12.1 Å². The first kappa shape index (κ1) is 15.8. The van der Waals surface area contributed by atoms with Crippen molar-refractivity contribution in [2.75, 3.05) is 30.4 Å². The monoisotopic (exact) mass is 303 g/mol. The average Bonchev–Trinajstić information content (AvgIpc) is 2.53. The molecule has 0 atom stereocenters. The van der Waals surface area contributed by atoms with Gasteiger partial charge < -0.3 is 10.2 Å². The normalized spacial score (nSPS) is 10.3. The van der Waals surface area contributed by atoms with Crippen LogP contribution >= 0.6 is 0 Å². The number of non-ortho nitro benzene ring substituents is 1. The van der Waals surface area contributed by atoms with Gasteiger partial charge in [0.15, 0.2) is 5.82 Å². The van der Waals surface area contributed by atoms with Gasteiger partial charge in [-0.2, -0.15) is 0 Å². The van der Waals surface area contributed by atoms with Crippen LogP contribution < -0.4 is 10.2 Å². The molecule has 0 radical (unpaired) electrons. The van der Waals surface area contributed by atoms with E-state index in [0.717, 1.165) is 24.7 Å². The Balaban J connectivity index is 1.80. The third-order valence-corrected chi connectivity index (χ3v) is 3.35. The Bertz CT molecular complexity index is 635. The Kier molecular flexibility index (Phi) is 5.30. The smallest absolute Gasteiger partial charge is 0.272 e. The van der Waals surface area contributed by atoms with Crippen molar-refractivity contribution < 1.29 is 9.31 Å². The number of halogens is 1. The molecule has 0 spiro atoms. The van der Waals surface area contributed by atoms with Crippen molar-refractivity contribution in [3.63, 3.8) is 0 Å². The number of para-hydroxylation sites is 1. The molecule has 1 N–H and O–H groups in total. The van der Waals surface area contributed by atoms with Crippen LogP contribution in [0, 0.1) is 15.9 Å². The SMILES string of the molecule is CN(CCCNc1ccc([N+](=O)[O-])cc1F)c1ccccc1. The summed E-state index contributed by atoms with van der Waals surface area (Å²) in [5.41, 5.74) is 1.17. The summed E-state index contributed by atoms with van der Waals surface area (Å²) in [5.74, 6) is -0.606. The molecule has 0 fully saturated rings.